The second-order valence-corrected chi connectivity index (χ2v) is 6.65. The monoisotopic (exact) mass is 336 g/mol. The van der Waals surface area contributed by atoms with Gasteiger partial charge in [0.1, 0.15) is 5.75 Å². The van der Waals surface area contributed by atoms with Crippen LogP contribution in [0.15, 0.2) is 60.1 Å². The van der Waals surface area contributed by atoms with Crippen molar-refractivity contribution < 1.29 is 4.74 Å². The minimum Gasteiger partial charge on any atom is -0.466 e. The Kier molecular flexibility index (Phi) is 4.81. The molecule has 0 N–H and O–H groups in total. The first kappa shape index (κ1) is 16.5. The van der Waals surface area contributed by atoms with E-state index >= 15 is 0 Å². The van der Waals surface area contributed by atoms with Gasteiger partial charge in [0.2, 0.25) is 4.74 Å². The average molecular weight is 336 g/mol. The lowest BCUT2D eigenvalue weighted by Crippen LogP contribution is -2.02. The molecule has 0 radical (unpaired) electrons. The molecule has 0 aliphatic carbocycles. The van der Waals surface area contributed by atoms with Crippen molar-refractivity contribution in [2.45, 2.75) is 26.7 Å². The fourth-order valence-corrected chi connectivity index (χ4v) is 3.77. The Morgan fingerprint density at radius 2 is 1.88 bits per heavy atom. The second kappa shape index (κ2) is 7.02. The van der Waals surface area contributed by atoms with Gasteiger partial charge in [-0.15, -0.1) is 0 Å². The molecule has 2 aromatic carbocycles. The molecule has 0 fully saturated rings. The molecule has 3 heteroatoms. The summed E-state index contributed by atoms with van der Waals surface area (Å²) in [6.07, 6.45) is 3.31. The molecule has 24 heavy (non-hydrogen) atoms. The predicted octanol–water partition coefficient (Wildman–Crippen LogP) is 5.58. The molecule has 0 bridgehead atoms. The van der Waals surface area contributed by atoms with Crippen LogP contribution in [0.5, 0.6) is 5.75 Å². The fraction of sp³-hybridized carbons (Fsp3) is 0.190. The lowest BCUT2D eigenvalue weighted by Gasteiger charge is -2.10. The summed E-state index contributed by atoms with van der Waals surface area (Å²) in [4.78, 5) is 12.7. The molecule has 1 heterocycles. The number of hydrogen-bond donors (Lipinski definition) is 0. The maximum atomic E-state index is 12.7. The zero-order valence-electron chi connectivity index (χ0n) is 14.0. The number of hydrogen-bond acceptors (Lipinski definition) is 3. The van der Waals surface area contributed by atoms with Gasteiger partial charge in [-0.1, -0.05) is 50.0 Å². The maximum absolute atomic E-state index is 12.7. The molecule has 0 unspecified atom stereocenters. The van der Waals surface area contributed by atoms with Crippen molar-refractivity contribution in [3.63, 3.8) is 0 Å². The quantitative estimate of drug-likeness (QED) is 0.569. The van der Waals surface area contributed by atoms with E-state index in [0.717, 1.165) is 34.1 Å². The molecule has 0 atom stereocenters. The molecule has 0 saturated heterocycles. The van der Waals surface area contributed by atoms with Crippen molar-refractivity contribution in [2.24, 2.45) is 0 Å². The number of benzene rings is 2. The van der Waals surface area contributed by atoms with E-state index in [4.69, 9.17) is 4.74 Å². The highest BCUT2D eigenvalue weighted by atomic mass is 32.1. The molecule has 0 aliphatic heterocycles. The summed E-state index contributed by atoms with van der Waals surface area (Å²) in [5.41, 5.74) is 4.36. The van der Waals surface area contributed by atoms with Crippen LogP contribution < -0.4 is 9.48 Å². The van der Waals surface area contributed by atoms with E-state index in [1.165, 1.54) is 28.7 Å². The Morgan fingerprint density at radius 1 is 1.04 bits per heavy atom. The van der Waals surface area contributed by atoms with Crippen LogP contribution >= 0.6 is 11.3 Å². The Hall–Kier alpha value is -2.39. The van der Waals surface area contributed by atoms with E-state index in [1.54, 1.807) is 0 Å². The van der Waals surface area contributed by atoms with Crippen molar-refractivity contribution in [2.75, 3.05) is 0 Å². The molecule has 122 valence electrons. The zero-order valence-corrected chi connectivity index (χ0v) is 14.8. The highest BCUT2D eigenvalue weighted by molar-refractivity contribution is 7.16. The largest absolute Gasteiger partial charge is 0.466 e. The lowest BCUT2D eigenvalue weighted by molar-refractivity contribution is 0.484. The van der Waals surface area contributed by atoms with Crippen molar-refractivity contribution >= 4 is 21.4 Å². The first-order valence-electron chi connectivity index (χ1n) is 8.14. The molecule has 1 aromatic heterocycles. The van der Waals surface area contributed by atoms with Gasteiger partial charge in [0, 0.05) is 10.3 Å². The first-order chi connectivity index (χ1) is 11.7. The number of fused-ring (bicyclic) bond motifs is 1. The molecule has 0 saturated carbocycles. The van der Waals surface area contributed by atoms with Crippen LogP contribution in [0.1, 0.15) is 25.0 Å². The van der Waals surface area contributed by atoms with Gasteiger partial charge in [-0.2, -0.15) is 0 Å². The summed E-state index contributed by atoms with van der Waals surface area (Å²) >= 11 is 1.26. The van der Waals surface area contributed by atoms with Crippen LogP contribution in [0.2, 0.25) is 0 Å². The number of rotatable bonds is 5. The average Bonchev–Trinajstić information content (AvgIpc) is 2.61. The molecule has 0 spiro atoms. The highest BCUT2D eigenvalue weighted by Gasteiger charge is 2.11. The van der Waals surface area contributed by atoms with Crippen molar-refractivity contribution in [3.8, 4) is 16.9 Å². The fourth-order valence-electron chi connectivity index (χ4n) is 2.87. The van der Waals surface area contributed by atoms with Gasteiger partial charge in [-0.3, -0.25) is 4.79 Å². The van der Waals surface area contributed by atoms with Crippen LogP contribution in [-0.4, -0.2) is 0 Å². The van der Waals surface area contributed by atoms with Crippen molar-refractivity contribution in [3.05, 3.63) is 76.0 Å². The molecular formula is C21H20O2S. The van der Waals surface area contributed by atoms with E-state index in [2.05, 4.69) is 38.6 Å². The summed E-state index contributed by atoms with van der Waals surface area (Å²) in [5, 5.41) is 1.05. The summed E-state index contributed by atoms with van der Waals surface area (Å²) in [6, 6.07) is 14.2. The van der Waals surface area contributed by atoms with Crippen molar-refractivity contribution in [1.82, 2.24) is 0 Å². The van der Waals surface area contributed by atoms with Gasteiger partial charge >= 0.3 is 0 Å². The Bertz CT molecular complexity index is 954. The SMILES string of the molecule is C=COc1ccc2cc(-c3ccc(CC)cc3CC)c(=O)sc2c1. The molecule has 0 amide bonds. The standard InChI is InChI=1S/C21H20O2S/c1-4-14-7-10-18(15(5-2)11-14)19-12-16-8-9-17(23-6-3)13-20(16)24-21(19)22/h6-13H,3-5H2,1-2H3. The lowest BCUT2D eigenvalue weighted by atomic mass is 9.96. The third kappa shape index (κ3) is 3.13. The molecule has 3 rings (SSSR count). The Morgan fingerprint density at radius 3 is 2.58 bits per heavy atom. The molecule has 3 aromatic rings. The van der Waals surface area contributed by atoms with Gasteiger partial charge in [0.25, 0.3) is 0 Å². The molecule has 0 aliphatic rings. The molecular weight excluding hydrogens is 316 g/mol. The van der Waals surface area contributed by atoms with Crippen LogP contribution in [0.25, 0.3) is 21.2 Å². The predicted molar refractivity (Wildman–Crippen MR) is 103 cm³/mol. The Balaban J connectivity index is 2.17. The van der Waals surface area contributed by atoms with Crippen LogP contribution in [0, 0.1) is 0 Å². The maximum Gasteiger partial charge on any atom is 0.240 e. The van der Waals surface area contributed by atoms with Gasteiger partial charge in [0.15, 0.2) is 0 Å². The van der Waals surface area contributed by atoms with Crippen LogP contribution in [0.4, 0.5) is 0 Å². The summed E-state index contributed by atoms with van der Waals surface area (Å²) in [6.45, 7) is 7.84. The zero-order chi connectivity index (χ0) is 17.1. The summed E-state index contributed by atoms with van der Waals surface area (Å²) in [5.74, 6) is 0.697. The summed E-state index contributed by atoms with van der Waals surface area (Å²) in [7, 11) is 0. The molecule has 2 nitrogen and oxygen atoms in total. The van der Waals surface area contributed by atoms with E-state index in [1.807, 2.05) is 24.3 Å². The van der Waals surface area contributed by atoms with Gasteiger partial charge in [-0.25, -0.2) is 0 Å². The smallest absolute Gasteiger partial charge is 0.240 e. The van der Waals surface area contributed by atoms with E-state index in [9.17, 15) is 4.79 Å². The Labute approximate surface area is 146 Å². The minimum atomic E-state index is 0.0807. The second-order valence-electron chi connectivity index (χ2n) is 5.63. The van der Waals surface area contributed by atoms with Gasteiger partial charge < -0.3 is 4.74 Å². The van der Waals surface area contributed by atoms with E-state index in [-0.39, 0.29) is 4.74 Å². The third-order valence-electron chi connectivity index (χ3n) is 4.18. The van der Waals surface area contributed by atoms with E-state index < -0.39 is 0 Å². The van der Waals surface area contributed by atoms with Crippen LogP contribution in [-0.2, 0) is 12.8 Å². The van der Waals surface area contributed by atoms with Gasteiger partial charge in [-0.05, 0) is 59.2 Å². The van der Waals surface area contributed by atoms with Gasteiger partial charge in [0.05, 0.1) is 6.26 Å². The summed E-state index contributed by atoms with van der Waals surface area (Å²) < 4.78 is 6.30. The highest BCUT2D eigenvalue weighted by Crippen LogP contribution is 2.29. The minimum absolute atomic E-state index is 0.0807. The normalized spacial score (nSPS) is 10.8. The van der Waals surface area contributed by atoms with Crippen LogP contribution in [0.3, 0.4) is 0 Å². The first-order valence-corrected chi connectivity index (χ1v) is 8.95. The number of ether oxygens (including phenoxy) is 1. The third-order valence-corrected chi connectivity index (χ3v) is 5.15. The van der Waals surface area contributed by atoms with E-state index in [0.29, 0.717) is 5.75 Å². The number of aryl methyl sites for hydroxylation is 2. The topological polar surface area (TPSA) is 26.3 Å². The van der Waals surface area contributed by atoms with Crippen molar-refractivity contribution in [1.29, 1.82) is 0 Å².